The van der Waals surface area contributed by atoms with Gasteiger partial charge in [-0.2, -0.15) is 13.2 Å². The number of aromatic carboxylic acids is 1. The van der Waals surface area contributed by atoms with E-state index in [-0.39, 0.29) is 5.56 Å². The third-order valence-corrected chi connectivity index (χ3v) is 1.75. The second kappa shape index (κ2) is 4.21. The second-order valence-electron chi connectivity index (χ2n) is 2.83. The zero-order chi connectivity index (χ0) is 12.3. The number of alkyl halides is 3. The lowest BCUT2D eigenvalue weighted by Gasteiger charge is -2.08. The third kappa shape index (κ3) is 2.50. The van der Waals surface area contributed by atoms with Crippen molar-refractivity contribution in [3.63, 3.8) is 0 Å². The Kier molecular flexibility index (Phi) is 3.17. The van der Waals surface area contributed by atoms with Crippen molar-refractivity contribution >= 4 is 11.7 Å². The summed E-state index contributed by atoms with van der Waals surface area (Å²) < 4.78 is 36.9. The van der Waals surface area contributed by atoms with Gasteiger partial charge in [0, 0.05) is 5.56 Å². The van der Waals surface area contributed by atoms with Gasteiger partial charge in [0.1, 0.15) is 0 Å². The number of oxime groups is 1. The molecule has 0 fully saturated rings. The summed E-state index contributed by atoms with van der Waals surface area (Å²) in [6, 6.07) is 4.06. The van der Waals surface area contributed by atoms with E-state index in [0.717, 1.165) is 24.3 Å². The summed E-state index contributed by atoms with van der Waals surface area (Å²) in [6.07, 6.45) is -4.84. The molecule has 0 aliphatic carbocycles. The van der Waals surface area contributed by atoms with Gasteiger partial charge in [0.15, 0.2) is 5.71 Å². The van der Waals surface area contributed by atoms with Crippen LogP contribution in [0.2, 0.25) is 0 Å². The smallest absolute Gasteiger partial charge is 0.437 e. The summed E-state index contributed by atoms with van der Waals surface area (Å²) in [6.45, 7) is 0. The molecule has 0 amide bonds. The molecular formula is C9H6F3NO3. The van der Waals surface area contributed by atoms with Gasteiger partial charge in [0.2, 0.25) is 0 Å². The minimum Gasteiger partial charge on any atom is -0.478 e. The lowest BCUT2D eigenvalue weighted by Crippen LogP contribution is -2.24. The Labute approximate surface area is 87.6 Å². The van der Waals surface area contributed by atoms with Crippen LogP contribution in [0.3, 0.4) is 0 Å². The van der Waals surface area contributed by atoms with E-state index in [1.54, 1.807) is 0 Å². The first kappa shape index (κ1) is 12.0. The summed E-state index contributed by atoms with van der Waals surface area (Å²) in [5, 5.41) is 19.0. The maximum absolute atomic E-state index is 12.3. The van der Waals surface area contributed by atoms with Gasteiger partial charge >= 0.3 is 12.1 Å². The number of hydrogen-bond donors (Lipinski definition) is 2. The first-order chi connectivity index (χ1) is 7.36. The number of nitrogens with zero attached hydrogens (tertiary/aromatic N) is 1. The Morgan fingerprint density at radius 2 is 1.81 bits per heavy atom. The molecule has 4 nitrogen and oxygen atoms in total. The highest BCUT2D eigenvalue weighted by atomic mass is 19.4. The van der Waals surface area contributed by atoms with Crippen molar-refractivity contribution in [2.75, 3.05) is 0 Å². The van der Waals surface area contributed by atoms with Crippen LogP contribution < -0.4 is 0 Å². The van der Waals surface area contributed by atoms with Crippen LogP contribution in [0.5, 0.6) is 0 Å². The summed E-state index contributed by atoms with van der Waals surface area (Å²) in [5.41, 5.74) is -2.35. The van der Waals surface area contributed by atoms with E-state index in [1.165, 1.54) is 0 Å². The van der Waals surface area contributed by atoms with Crippen molar-refractivity contribution in [1.82, 2.24) is 0 Å². The molecule has 0 aliphatic rings. The second-order valence-corrected chi connectivity index (χ2v) is 2.83. The van der Waals surface area contributed by atoms with Crippen LogP contribution in [0.25, 0.3) is 0 Å². The van der Waals surface area contributed by atoms with Gasteiger partial charge in [-0.05, 0) is 12.1 Å². The molecule has 1 rings (SSSR count). The van der Waals surface area contributed by atoms with Gasteiger partial charge in [-0.25, -0.2) is 4.79 Å². The summed E-state index contributed by atoms with van der Waals surface area (Å²) >= 11 is 0. The highest BCUT2D eigenvalue weighted by Crippen LogP contribution is 2.22. The Hall–Kier alpha value is -2.05. The fraction of sp³-hybridized carbons (Fsp3) is 0.111. The molecular weight excluding hydrogens is 227 g/mol. The van der Waals surface area contributed by atoms with E-state index in [1.807, 2.05) is 0 Å². The SMILES string of the molecule is O=C(O)c1cccc(/C(=N/O)C(F)(F)F)c1. The van der Waals surface area contributed by atoms with Crippen molar-refractivity contribution in [1.29, 1.82) is 0 Å². The molecule has 0 aromatic heterocycles. The molecule has 16 heavy (non-hydrogen) atoms. The minimum absolute atomic E-state index is 0.317. The van der Waals surface area contributed by atoms with E-state index in [0.29, 0.717) is 0 Å². The Bertz CT molecular complexity index is 440. The normalized spacial score (nSPS) is 12.6. The van der Waals surface area contributed by atoms with Crippen molar-refractivity contribution in [3.05, 3.63) is 35.4 Å². The Balaban J connectivity index is 3.23. The van der Waals surface area contributed by atoms with Crippen LogP contribution in [0.1, 0.15) is 15.9 Å². The maximum atomic E-state index is 12.3. The number of benzene rings is 1. The molecule has 0 heterocycles. The predicted molar refractivity (Wildman–Crippen MR) is 47.8 cm³/mol. The highest BCUT2D eigenvalue weighted by molar-refractivity contribution is 6.05. The molecule has 0 unspecified atom stereocenters. The number of carboxylic acid groups (broad SMARTS) is 1. The van der Waals surface area contributed by atoms with Crippen LogP contribution in [0.4, 0.5) is 13.2 Å². The van der Waals surface area contributed by atoms with Crippen LogP contribution in [0, 0.1) is 0 Å². The van der Waals surface area contributed by atoms with Gasteiger partial charge < -0.3 is 10.3 Å². The quantitative estimate of drug-likeness (QED) is 0.467. The highest BCUT2D eigenvalue weighted by Gasteiger charge is 2.37. The number of hydrogen-bond acceptors (Lipinski definition) is 3. The van der Waals surface area contributed by atoms with E-state index in [2.05, 4.69) is 5.16 Å². The average molecular weight is 233 g/mol. The molecule has 1 aromatic carbocycles. The van der Waals surface area contributed by atoms with E-state index >= 15 is 0 Å². The van der Waals surface area contributed by atoms with Crippen LogP contribution in [-0.4, -0.2) is 28.2 Å². The van der Waals surface area contributed by atoms with Gasteiger partial charge in [0.25, 0.3) is 0 Å². The Morgan fingerprint density at radius 3 is 2.25 bits per heavy atom. The van der Waals surface area contributed by atoms with E-state index in [9.17, 15) is 18.0 Å². The average Bonchev–Trinajstić information content (AvgIpc) is 2.17. The monoisotopic (exact) mass is 233 g/mol. The number of rotatable bonds is 2. The van der Waals surface area contributed by atoms with Crippen LogP contribution in [-0.2, 0) is 0 Å². The molecule has 2 N–H and O–H groups in total. The van der Waals surface area contributed by atoms with Gasteiger partial charge in [-0.1, -0.05) is 17.3 Å². The fourth-order valence-electron chi connectivity index (χ4n) is 1.08. The number of carbonyl (C=O) groups is 1. The molecule has 86 valence electrons. The van der Waals surface area contributed by atoms with Crippen molar-refractivity contribution in [3.8, 4) is 0 Å². The summed E-state index contributed by atoms with van der Waals surface area (Å²) in [4.78, 5) is 10.5. The van der Waals surface area contributed by atoms with Gasteiger partial charge in [0.05, 0.1) is 5.56 Å². The summed E-state index contributed by atoms with van der Waals surface area (Å²) in [7, 11) is 0. The zero-order valence-electron chi connectivity index (χ0n) is 7.69. The largest absolute Gasteiger partial charge is 0.478 e. The topological polar surface area (TPSA) is 69.9 Å². The number of carboxylic acids is 1. The molecule has 0 bridgehead atoms. The lowest BCUT2D eigenvalue weighted by molar-refractivity contribution is -0.0601. The zero-order valence-corrected chi connectivity index (χ0v) is 7.69. The van der Waals surface area contributed by atoms with Crippen LogP contribution in [0.15, 0.2) is 29.4 Å². The molecule has 0 aliphatic heterocycles. The van der Waals surface area contributed by atoms with Gasteiger partial charge in [-0.3, -0.25) is 0 Å². The van der Waals surface area contributed by atoms with Crippen molar-refractivity contribution < 1.29 is 28.3 Å². The predicted octanol–water partition coefficient (Wildman–Crippen LogP) is 2.13. The molecule has 0 saturated heterocycles. The Morgan fingerprint density at radius 1 is 1.25 bits per heavy atom. The van der Waals surface area contributed by atoms with Gasteiger partial charge in [-0.15, -0.1) is 0 Å². The van der Waals surface area contributed by atoms with E-state index in [4.69, 9.17) is 10.3 Å². The molecule has 0 saturated carbocycles. The minimum atomic E-state index is -4.84. The lowest BCUT2D eigenvalue weighted by atomic mass is 10.1. The molecule has 0 spiro atoms. The molecule has 7 heteroatoms. The number of halogens is 3. The standard InChI is InChI=1S/C9H6F3NO3/c10-9(11,12)7(13-16)5-2-1-3-6(4-5)8(14)15/h1-4,16H,(H,14,15)/b13-7-. The van der Waals surface area contributed by atoms with Crippen molar-refractivity contribution in [2.45, 2.75) is 6.18 Å². The maximum Gasteiger partial charge on any atom is 0.437 e. The summed E-state index contributed by atoms with van der Waals surface area (Å²) in [5.74, 6) is -1.36. The van der Waals surface area contributed by atoms with E-state index < -0.39 is 23.4 Å². The first-order valence-electron chi connectivity index (χ1n) is 3.99. The third-order valence-electron chi connectivity index (χ3n) is 1.75. The van der Waals surface area contributed by atoms with Crippen LogP contribution >= 0.6 is 0 Å². The first-order valence-corrected chi connectivity index (χ1v) is 3.99. The molecule has 1 aromatic rings. The molecule has 0 radical (unpaired) electrons. The fourth-order valence-corrected chi connectivity index (χ4v) is 1.08. The van der Waals surface area contributed by atoms with Crippen molar-refractivity contribution in [2.24, 2.45) is 5.16 Å². The molecule has 0 atom stereocenters.